The maximum absolute atomic E-state index is 12.1. The molecule has 124 valence electrons. The van der Waals surface area contributed by atoms with E-state index < -0.39 is 11.8 Å². The Labute approximate surface area is 134 Å². The highest BCUT2D eigenvalue weighted by molar-refractivity contribution is 6.34. The number of nitrogens with two attached hydrogens (primary N) is 1. The molecule has 0 spiro atoms. The number of ether oxygens (including phenoxy) is 1. The first kappa shape index (κ1) is 16.8. The molecule has 1 heterocycles. The Morgan fingerprint density at radius 2 is 1.83 bits per heavy atom. The van der Waals surface area contributed by atoms with E-state index in [-0.39, 0.29) is 12.5 Å². The van der Waals surface area contributed by atoms with E-state index in [0.717, 1.165) is 5.56 Å². The molecule has 8 nitrogen and oxygen atoms in total. The van der Waals surface area contributed by atoms with Gasteiger partial charge in [0.2, 0.25) is 0 Å². The average molecular weight is 320 g/mol. The van der Waals surface area contributed by atoms with Crippen molar-refractivity contribution >= 4 is 17.7 Å². The molecule has 1 fully saturated rings. The van der Waals surface area contributed by atoms with Gasteiger partial charge in [0.15, 0.2) is 6.61 Å². The van der Waals surface area contributed by atoms with Crippen molar-refractivity contribution < 1.29 is 19.1 Å². The van der Waals surface area contributed by atoms with Gasteiger partial charge in [-0.3, -0.25) is 19.8 Å². The van der Waals surface area contributed by atoms with Gasteiger partial charge in [0.05, 0.1) is 0 Å². The topological polar surface area (TPSA) is 105 Å². The van der Waals surface area contributed by atoms with Crippen LogP contribution in [0, 0.1) is 6.92 Å². The molecule has 0 radical (unpaired) electrons. The summed E-state index contributed by atoms with van der Waals surface area (Å²) in [5, 5.41) is 0. The van der Waals surface area contributed by atoms with E-state index >= 15 is 0 Å². The molecule has 0 saturated carbocycles. The molecule has 0 atom stereocenters. The SMILES string of the molecule is Cc1cccc(OCC(=O)N2CCN(C(=O)C(=O)NN)CC2)c1. The molecule has 0 bridgehead atoms. The number of hydrogen-bond donors (Lipinski definition) is 2. The fourth-order valence-electron chi connectivity index (χ4n) is 2.31. The zero-order valence-electron chi connectivity index (χ0n) is 12.9. The molecule has 0 aliphatic carbocycles. The first-order chi connectivity index (χ1) is 11.0. The molecule has 1 aliphatic heterocycles. The highest BCUT2D eigenvalue weighted by Crippen LogP contribution is 2.12. The summed E-state index contributed by atoms with van der Waals surface area (Å²) in [5.74, 6) is 3.89. The Balaban J connectivity index is 1.79. The summed E-state index contributed by atoms with van der Waals surface area (Å²) >= 11 is 0. The number of carbonyl (C=O) groups is 3. The van der Waals surface area contributed by atoms with Crippen molar-refractivity contribution in [3.05, 3.63) is 29.8 Å². The maximum Gasteiger partial charge on any atom is 0.323 e. The van der Waals surface area contributed by atoms with Crippen LogP contribution in [0.4, 0.5) is 0 Å². The number of amides is 3. The smallest absolute Gasteiger partial charge is 0.323 e. The van der Waals surface area contributed by atoms with Crippen molar-refractivity contribution in [2.45, 2.75) is 6.92 Å². The third-order valence-corrected chi connectivity index (χ3v) is 3.60. The Morgan fingerprint density at radius 3 is 2.43 bits per heavy atom. The van der Waals surface area contributed by atoms with Gasteiger partial charge in [-0.15, -0.1) is 0 Å². The highest BCUT2D eigenvalue weighted by atomic mass is 16.5. The number of rotatable bonds is 3. The van der Waals surface area contributed by atoms with Crippen molar-refractivity contribution in [1.29, 1.82) is 0 Å². The van der Waals surface area contributed by atoms with E-state index in [1.807, 2.05) is 30.5 Å². The molecule has 0 aromatic heterocycles. The quantitative estimate of drug-likeness (QED) is 0.323. The minimum absolute atomic E-state index is 0.0549. The van der Waals surface area contributed by atoms with E-state index in [1.54, 1.807) is 11.0 Å². The van der Waals surface area contributed by atoms with Crippen LogP contribution in [0.2, 0.25) is 0 Å². The minimum atomic E-state index is -0.854. The average Bonchev–Trinajstić information content (AvgIpc) is 2.58. The molecule has 3 amide bonds. The number of nitrogens with zero attached hydrogens (tertiary/aromatic N) is 2. The fourth-order valence-corrected chi connectivity index (χ4v) is 2.31. The first-order valence-electron chi connectivity index (χ1n) is 7.28. The van der Waals surface area contributed by atoms with Crippen molar-refractivity contribution in [2.75, 3.05) is 32.8 Å². The summed E-state index contributed by atoms with van der Waals surface area (Å²) < 4.78 is 5.48. The number of aryl methyl sites for hydroxylation is 1. The number of carbonyl (C=O) groups excluding carboxylic acids is 3. The standard InChI is InChI=1S/C15H20N4O4/c1-11-3-2-4-12(9-11)23-10-13(20)18-5-7-19(8-6-18)15(22)14(21)17-16/h2-4,9H,5-8,10,16H2,1H3,(H,17,21). The molecule has 8 heteroatoms. The number of piperazine rings is 1. The van der Waals surface area contributed by atoms with Crippen LogP contribution in [0.15, 0.2) is 24.3 Å². The van der Waals surface area contributed by atoms with Crippen LogP contribution in [0.3, 0.4) is 0 Å². The third kappa shape index (κ3) is 4.43. The van der Waals surface area contributed by atoms with Gasteiger partial charge in [0, 0.05) is 26.2 Å². The lowest BCUT2D eigenvalue weighted by Crippen LogP contribution is -2.55. The second-order valence-electron chi connectivity index (χ2n) is 5.25. The van der Waals surface area contributed by atoms with E-state index in [0.29, 0.717) is 31.9 Å². The van der Waals surface area contributed by atoms with Crippen LogP contribution < -0.4 is 16.0 Å². The summed E-state index contributed by atoms with van der Waals surface area (Å²) in [4.78, 5) is 37.9. The van der Waals surface area contributed by atoms with Gasteiger partial charge < -0.3 is 14.5 Å². The van der Waals surface area contributed by atoms with Gasteiger partial charge in [-0.1, -0.05) is 12.1 Å². The van der Waals surface area contributed by atoms with E-state index in [9.17, 15) is 14.4 Å². The third-order valence-electron chi connectivity index (χ3n) is 3.60. The highest BCUT2D eigenvalue weighted by Gasteiger charge is 2.27. The van der Waals surface area contributed by atoms with E-state index in [4.69, 9.17) is 10.6 Å². The minimum Gasteiger partial charge on any atom is -0.484 e. The largest absolute Gasteiger partial charge is 0.484 e. The normalized spacial score (nSPS) is 14.3. The molecule has 1 aromatic rings. The van der Waals surface area contributed by atoms with Crippen LogP contribution in [0.1, 0.15) is 5.56 Å². The zero-order chi connectivity index (χ0) is 16.8. The Hall–Kier alpha value is -2.61. The maximum atomic E-state index is 12.1. The van der Waals surface area contributed by atoms with Gasteiger partial charge >= 0.3 is 11.8 Å². The monoisotopic (exact) mass is 320 g/mol. The summed E-state index contributed by atoms with van der Waals surface area (Å²) in [7, 11) is 0. The Morgan fingerprint density at radius 1 is 1.17 bits per heavy atom. The van der Waals surface area contributed by atoms with Gasteiger partial charge in [0.25, 0.3) is 5.91 Å². The summed E-state index contributed by atoms with van der Waals surface area (Å²) in [5.41, 5.74) is 2.86. The number of benzene rings is 1. The predicted octanol–water partition coefficient (Wildman–Crippen LogP) is -0.965. The lowest BCUT2D eigenvalue weighted by Gasteiger charge is -2.34. The lowest BCUT2D eigenvalue weighted by atomic mass is 10.2. The van der Waals surface area contributed by atoms with Gasteiger partial charge in [0.1, 0.15) is 5.75 Å². The number of hydrogen-bond acceptors (Lipinski definition) is 5. The second-order valence-corrected chi connectivity index (χ2v) is 5.25. The van der Waals surface area contributed by atoms with Crippen molar-refractivity contribution in [1.82, 2.24) is 15.2 Å². The van der Waals surface area contributed by atoms with Crippen LogP contribution in [-0.4, -0.2) is 60.3 Å². The fraction of sp³-hybridized carbons (Fsp3) is 0.400. The van der Waals surface area contributed by atoms with Gasteiger partial charge in [-0.25, -0.2) is 5.84 Å². The van der Waals surface area contributed by atoms with E-state index in [1.165, 1.54) is 4.90 Å². The van der Waals surface area contributed by atoms with E-state index in [2.05, 4.69) is 0 Å². The molecule has 3 N–H and O–H groups in total. The summed E-state index contributed by atoms with van der Waals surface area (Å²) in [6.45, 7) is 3.20. The van der Waals surface area contributed by atoms with Crippen molar-refractivity contribution in [2.24, 2.45) is 5.84 Å². The summed E-state index contributed by atoms with van der Waals surface area (Å²) in [6.07, 6.45) is 0. The molecule has 2 rings (SSSR count). The second kappa shape index (κ2) is 7.59. The first-order valence-corrected chi connectivity index (χ1v) is 7.28. The molecule has 1 saturated heterocycles. The van der Waals surface area contributed by atoms with Crippen LogP contribution >= 0.6 is 0 Å². The lowest BCUT2D eigenvalue weighted by molar-refractivity contribution is -0.148. The molecule has 1 aromatic carbocycles. The predicted molar refractivity (Wildman–Crippen MR) is 82.2 cm³/mol. The molecular formula is C15H20N4O4. The van der Waals surface area contributed by atoms with Crippen LogP contribution in [0.25, 0.3) is 0 Å². The van der Waals surface area contributed by atoms with Crippen LogP contribution in [0.5, 0.6) is 5.75 Å². The van der Waals surface area contributed by atoms with Gasteiger partial charge in [-0.2, -0.15) is 0 Å². The zero-order valence-corrected chi connectivity index (χ0v) is 12.9. The molecule has 1 aliphatic rings. The summed E-state index contributed by atoms with van der Waals surface area (Å²) in [6, 6.07) is 7.46. The van der Waals surface area contributed by atoms with Crippen molar-refractivity contribution in [3.63, 3.8) is 0 Å². The Kier molecular flexibility index (Phi) is 5.53. The van der Waals surface area contributed by atoms with Crippen molar-refractivity contribution in [3.8, 4) is 5.75 Å². The molecule has 23 heavy (non-hydrogen) atoms. The molecular weight excluding hydrogens is 300 g/mol. The van der Waals surface area contributed by atoms with Gasteiger partial charge in [-0.05, 0) is 24.6 Å². The van der Waals surface area contributed by atoms with Crippen LogP contribution in [-0.2, 0) is 14.4 Å². The Bertz CT molecular complexity index is 597. The number of hydrazine groups is 1. The number of nitrogens with one attached hydrogen (secondary N) is 1. The molecule has 0 unspecified atom stereocenters.